The number of amides is 1. The highest BCUT2D eigenvalue weighted by Gasteiger charge is 2.35. The molecule has 7 heteroatoms. The number of benzene rings is 1. The maximum Gasteiger partial charge on any atom is 0.246 e. The topological polar surface area (TPSA) is 68.8 Å². The van der Waals surface area contributed by atoms with Crippen molar-refractivity contribution < 1.29 is 4.79 Å². The zero-order chi connectivity index (χ0) is 16.7. The van der Waals surface area contributed by atoms with Gasteiger partial charge in [-0.1, -0.05) is 30.3 Å². The smallest absolute Gasteiger partial charge is 0.246 e. The number of carbonyl (C=O) groups is 1. The maximum absolute atomic E-state index is 12.8. The van der Waals surface area contributed by atoms with Crippen molar-refractivity contribution in [2.24, 2.45) is 7.05 Å². The standard InChI is InChI=1S/C17H18N6O/c1-21-9-8-18-15(21)16-20-19-14-11-22(2)17(24)13(23(14)16)10-12-6-4-3-5-7-12/h3-9,13H,10-11H2,1-2H3/t13-/m1/s1. The fourth-order valence-electron chi connectivity index (χ4n) is 3.16. The van der Waals surface area contributed by atoms with Crippen LogP contribution in [-0.2, 0) is 24.8 Å². The van der Waals surface area contributed by atoms with Crippen LogP contribution in [0.5, 0.6) is 0 Å². The van der Waals surface area contributed by atoms with Crippen molar-refractivity contribution >= 4 is 5.91 Å². The molecule has 1 atom stereocenters. The second kappa shape index (κ2) is 5.59. The number of carbonyl (C=O) groups excluding carboxylic acids is 1. The fourth-order valence-corrected chi connectivity index (χ4v) is 3.16. The van der Waals surface area contributed by atoms with Crippen LogP contribution in [0.1, 0.15) is 17.4 Å². The highest BCUT2D eigenvalue weighted by Crippen LogP contribution is 2.29. The first-order valence-corrected chi connectivity index (χ1v) is 7.85. The summed E-state index contributed by atoms with van der Waals surface area (Å²) in [4.78, 5) is 18.9. The molecule has 0 bridgehead atoms. The monoisotopic (exact) mass is 322 g/mol. The zero-order valence-corrected chi connectivity index (χ0v) is 13.6. The fraction of sp³-hybridized carbons (Fsp3) is 0.294. The Morgan fingerprint density at radius 2 is 1.92 bits per heavy atom. The van der Waals surface area contributed by atoms with E-state index in [1.807, 2.05) is 52.7 Å². The predicted octanol–water partition coefficient (Wildman–Crippen LogP) is 1.43. The molecule has 0 saturated heterocycles. The molecule has 0 unspecified atom stereocenters. The number of hydrogen-bond donors (Lipinski definition) is 0. The van der Waals surface area contributed by atoms with Gasteiger partial charge in [-0.2, -0.15) is 0 Å². The van der Waals surface area contributed by atoms with Crippen molar-refractivity contribution in [3.05, 3.63) is 54.1 Å². The molecule has 1 aliphatic heterocycles. The van der Waals surface area contributed by atoms with Crippen LogP contribution in [-0.4, -0.2) is 42.2 Å². The predicted molar refractivity (Wildman–Crippen MR) is 87.9 cm³/mol. The van der Waals surface area contributed by atoms with Crippen molar-refractivity contribution in [1.29, 1.82) is 0 Å². The Kier molecular flexibility index (Phi) is 3.41. The Balaban J connectivity index is 1.82. The lowest BCUT2D eigenvalue weighted by Gasteiger charge is -2.31. The van der Waals surface area contributed by atoms with E-state index in [-0.39, 0.29) is 11.9 Å². The largest absolute Gasteiger partial charge is 0.336 e. The van der Waals surface area contributed by atoms with E-state index >= 15 is 0 Å². The first-order chi connectivity index (χ1) is 11.6. The molecule has 2 aromatic heterocycles. The van der Waals surface area contributed by atoms with Gasteiger partial charge in [-0.3, -0.25) is 9.36 Å². The van der Waals surface area contributed by atoms with E-state index in [0.29, 0.717) is 24.6 Å². The lowest BCUT2D eigenvalue weighted by atomic mass is 10.0. The summed E-state index contributed by atoms with van der Waals surface area (Å²) in [6.45, 7) is 0.460. The van der Waals surface area contributed by atoms with E-state index in [1.54, 1.807) is 18.1 Å². The quantitative estimate of drug-likeness (QED) is 0.731. The molecule has 24 heavy (non-hydrogen) atoms. The highest BCUT2D eigenvalue weighted by atomic mass is 16.2. The van der Waals surface area contributed by atoms with Crippen molar-refractivity contribution in [1.82, 2.24) is 29.2 Å². The molecule has 0 spiro atoms. The van der Waals surface area contributed by atoms with E-state index in [9.17, 15) is 4.79 Å². The third-order valence-electron chi connectivity index (χ3n) is 4.41. The third-order valence-corrected chi connectivity index (χ3v) is 4.41. The van der Waals surface area contributed by atoms with Crippen molar-refractivity contribution in [3.8, 4) is 11.6 Å². The molecule has 3 heterocycles. The molecule has 7 nitrogen and oxygen atoms in total. The first kappa shape index (κ1) is 14.6. The Hall–Kier alpha value is -2.96. The van der Waals surface area contributed by atoms with Gasteiger partial charge >= 0.3 is 0 Å². The third kappa shape index (κ3) is 2.29. The normalized spacial score (nSPS) is 17.2. The number of nitrogens with zero attached hydrogens (tertiary/aromatic N) is 6. The molecule has 1 aromatic carbocycles. The average molecular weight is 322 g/mol. The van der Waals surface area contributed by atoms with Gasteiger partial charge in [0.05, 0.1) is 6.54 Å². The van der Waals surface area contributed by atoms with E-state index in [2.05, 4.69) is 15.2 Å². The maximum atomic E-state index is 12.8. The Morgan fingerprint density at radius 1 is 1.12 bits per heavy atom. The summed E-state index contributed by atoms with van der Waals surface area (Å²) >= 11 is 0. The Morgan fingerprint density at radius 3 is 2.62 bits per heavy atom. The number of rotatable bonds is 3. The average Bonchev–Trinajstić information content (AvgIpc) is 3.18. The van der Waals surface area contributed by atoms with Gasteiger partial charge in [0.1, 0.15) is 6.04 Å². The van der Waals surface area contributed by atoms with E-state index in [4.69, 9.17) is 0 Å². The van der Waals surface area contributed by atoms with Crippen LogP contribution >= 0.6 is 0 Å². The van der Waals surface area contributed by atoms with Crippen molar-refractivity contribution in [3.63, 3.8) is 0 Å². The minimum Gasteiger partial charge on any atom is -0.336 e. The van der Waals surface area contributed by atoms with Crippen molar-refractivity contribution in [2.75, 3.05) is 7.05 Å². The molecule has 0 saturated carbocycles. The molecule has 0 radical (unpaired) electrons. The van der Waals surface area contributed by atoms with Gasteiger partial charge in [0.15, 0.2) is 11.6 Å². The highest BCUT2D eigenvalue weighted by molar-refractivity contribution is 5.82. The van der Waals surface area contributed by atoms with Crippen LogP contribution in [0.2, 0.25) is 0 Å². The Bertz CT molecular complexity index is 882. The molecular formula is C17H18N6O. The van der Waals surface area contributed by atoms with Crippen LogP contribution < -0.4 is 0 Å². The first-order valence-electron chi connectivity index (χ1n) is 7.85. The summed E-state index contributed by atoms with van der Waals surface area (Å²) < 4.78 is 3.83. The van der Waals surface area contributed by atoms with E-state index in [1.165, 1.54) is 0 Å². The second-order valence-corrected chi connectivity index (χ2v) is 6.07. The summed E-state index contributed by atoms with van der Waals surface area (Å²) in [5.74, 6) is 2.21. The molecule has 4 rings (SSSR count). The summed E-state index contributed by atoms with van der Waals surface area (Å²) in [6, 6.07) is 9.65. The number of fused-ring (bicyclic) bond motifs is 1. The van der Waals surface area contributed by atoms with Crippen LogP contribution in [0.3, 0.4) is 0 Å². The van der Waals surface area contributed by atoms with Crippen LogP contribution in [0.4, 0.5) is 0 Å². The van der Waals surface area contributed by atoms with E-state index in [0.717, 1.165) is 11.4 Å². The minimum absolute atomic E-state index is 0.0709. The molecule has 1 amide bonds. The van der Waals surface area contributed by atoms with Gasteiger partial charge in [-0.25, -0.2) is 4.98 Å². The summed E-state index contributed by atoms with van der Waals surface area (Å²) in [5, 5.41) is 8.61. The molecule has 3 aromatic rings. The summed E-state index contributed by atoms with van der Waals surface area (Å²) in [5.41, 5.74) is 1.11. The molecule has 0 aliphatic carbocycles. The van der Waals surface area contributed by atoms with Crippen LogP contribution in [0.25, 0.3) is 11.6 Å². The number of aromatic nitrogens is 5. The second-order valence-electron chi connectivity index (χ2n) is 6.07. The number of imidazole rings is 1. The lowest BCUT2D eigenvalue weighted by Crippen LogP contribution is -2.41. The zero-order valence-electron chi connectivity index (χ0n) is 13.6. The van der Waals surface area contributed by atoms with Crippen LogP contribution in [0.15, 0.2) is 42.7 Å². The summed E-state index contributed by atoms with van der Waals surface area (Å²) in [7, 11) is 3.71. The van der Waals surface area contributed by atoms with Gasteiger partial charge in [0.2, 0.25) is 11.7 Å². The summed E-state index contributed by atoms with van der Waals surface area (Å²) in [6.07, 6.45) is 4.19. The molecule has 1 aliphatic rings. The number of aryl methyl sites for hydroxylation is 1. The molecule has 0 fully saturated rings. The SMILES string of the molecule is CN1Cc2nnc(-c3nccn3C)n2[C@H](Cc2ccccc2)C1=O. The molecule has 122 valence electrons. The number of hydrogen-bond acceptors (Lipinski definition) is 4. The lowest BCUT2D eigenvalue weighted by molar-refractivity contribution is -0.135. The van der Waals surface area contributed by atoms with Crippen LogP contribution in [0, 0.1) is 0 Å². The van der Waals surface area contributed by atoms with Gasteiger partial charge in [0.25, 0.3) is 0 Å². The van der Waals surface area contributed by atoms with Gasteiger partial charge in [-0.05, 0) is 5.56 Å². The van der Waals surface area contributed by atoms with Crippen molar-refractivity contribution in [2.45, 2.75) is 19.0 Å². The molecular weight excluding hydrogens is 304 g/mol. The Labute approximate surface area is 139 Å². The number of likely N-dealkylation sites (N-methyl/N-ethyl adjacent to an activating group) is 1. The minimum atomic E-state index is -0.358. The van der Waals surface area contributed by atoms with Gasteiger partial charge in [0, 0.05) is 32.9 Å². The van der Waals surface area contributed by atoms with Gasteiger partial charge in [-0.15, -0.1) is 10.2 Å². The molecule has 0 N–H and O–H groups in total. The van der Waals surface area contributed by atoms with E-state index < -0.39 is 0 Å². The van der Waals surface area contributed by atoms with Gasteiger partial charge < -0.3 is 9.47 Å².